The summed E-state index contributed by atoms with van der Waals surface area (Å²) in [6, 6.07) is 16.1. The third-order valence-corrected chi connectivity index (χ3v) is 3.87. The molecule has 2 aromatic rings. The van der Waals surface area contributed by atoms with Crippen LogP contribution < -0.4 is 0 Å². The number of amides is 1. The number of carbonyl (C=O) groups is 1. The molecule has 0 fully saturated rings. The lowest BCUT2D eigenvalue weighted by Crippen LogP contribution is -2.36. The Morgan fingerprint density at radius 2 is 1.74 bits per heavy atom. The number of benzene rings is 2. The van der Waals surface area contributed by atoms with Gasteiger partial charge in [-0.2, -0.15) is 0 Å². The smallest absolute Gasteiger partial charge is 0.256 e. The quantitative estimate of drug-likeness (QED) is 0.826. The number of nitrogens with zero attached hydrogens (tertiary/aromatic N) is 1. The molecule has 0 heterocycles. The molecule has 0 bridgehead atoms. The number of phenols is 1. The first-order valence-corrected chi connectivity index (χ1v) is 7.91. The van der Waals surface area contributed by atoms with Gasteiger partial charge in [0.1, 0.15) is 5.75 Å². The van der Waals surface area contributed by atoms with E-state index < -0.39 is 6.10 Å². The van der Waals surface area contributed by atoms with Crippen LogP contribution in [-0.4, -0.2) is 34.1 Å². The molecule has 0 aliphatic rings. The normalized spacial score (nSPS) is 11.9. The summed E-state index contributed by atoms with van der Waals surface area (Å²) in [6.07, 6.45) is 0.530. The second kappa shape index (κ2) is 8.34. The predicted molar refractivity (Wildman–Crippen MR) is 90.1 cm³/mol. The van der Waals surface area contributed by atoms with Gasteiger partial charge in [-0.1, -0.05) is 42.5 Å². The standard InChI is InChI=1S/C19H23NO3/c1-2-20(14-6-7-15-10-12-17(21)13-11-15)19(23)18(22)16-8-4-3-5-9-16/h3-5,8-13,18,21-22H,2,6-7,14H2,1H3/t18-/m0/s1. The van der Waals surface area contributed by atoms with Crippen LogP contribution in [0.1, 0.15) is 30.6 Å². The van der Waals surface area contributed by atoms with E-state index in [0.29, 0.717) is 18.7 Å². The first-order chi connectivity index (χ1) is 11.1. The monoisotopic (exact) mass is 313 g/mol. The van der Waals surface area contributed by atoms with Crippen LogP contribution in [0.25, 0.3) is 0 Å². The van der Waals surface area contributed by atoms with E-state index in [1.807, 2.05) is 37.3 Å². The molecule has 0 saturated heterocycles. The summed E-state index contributed by atoms with van der Waals surface area (Å²) in [5.41, 5.74) is 1.74. The topological polar surface area (TPSA) is 60.8 Å². The third kappa shape index (κ3) is 4.83. The highest BCUT2D eigenvalue weighted by Crippen LogP contribution is 2.16. The fourth-order valence-corrected chi connectivity index (χ4v) is 2.51. The van der Waals surface area contributed by atoms with Crippen molar-refractivity contribution in [1.29, 1.82) is 0 Å². The van der Waals surface area contributed by atoms with Crippen molar-refractivity contribution in [3.63, 3.8) is 0 Å². The Balaban J connectivity index is 1.89. The summed E-state index contributed by atoms with van der Waals surface area (Å²) >= 11 is 0. The highest BCUT2D eigenvalue weighted by molar-refractivity contribution is 5.82. The van der Waals surface area contributed by atoms with E-state index in [-0.39, 0.29) is 11.7 Å². The van der Waals surface area contributed by atoms with Crippen molar-refractivity contribution < 1.29 is 15.0 Å². The van der Waals surface area contributed by atoms with E-state index in [1.54, 1.807) is 29.2 Å². The summed E-state index contributed by atoms with van der Waals surface area (Å²) in [5.74, 6) is -0.00509. The maximum absolute atomic E-state index is 12.4. The van der Waals surface area contributed by atoms with Crippen LogP contribution in [0.4, 0.5) is 0 Å². The van der Waals surface area contributed by atoms with Crippen molar-refractivity contribution in [2.24, 2.45) is 0 Å². The lowest BCUT2D eigenvalue weighted by Gasteiger charge is -2.24. The fraction of sp³-hybridized carbons (Fsp3) is 0.316. The van der Waals surface area contributed by atoms with Gasteiger partial charge in [0.05, 0.1) is 0 Å². The zero-order chi connectivity index (χ0) is 16.7. The molecule has 0 saturated carbocycles. The number of phenolic OH excluding ortho intramolecular Hbond substituents is 1. The van der Waals surface area contributed by atoms with Crippen LogP contribution >= 0.6 is 0 Å². The highest BCUT2D eigenvalue weighted by atomic mass is 16.3. The van der Waals surface area contributed by atoms with Crippen molar-refractivity contribution in [2.45, 2.75) is 25.9 Å². The lowest BCUT2D eigenvalue weighted by atomic mass is 10.1. The third-order valence-electron chi connectivity index (χ3n) is 3.87. The van der Waals surface area contributed by atoms with E-state index >= 15 is 0 Å². The molecule has 23 heavy (non-hydrogen) atoms. The summed E-state index contributed by atoms with van der Waals surface area (Å²) in [6.45, 7) is 3.08. The number of aliphatic hydroxyl groups is 1. The predicted octanol–water partition coefficient (Wildman–Crippen LogP) is 2.91. The molecular formula is C19H23NO3. The lowest BCUT2D eigenvalue weighted by molar-refractivity contribution is -0.140. The largest absolute Gasteiger partial charge is 0.508 e. The number of carbonyl (C=O) groups excluding carboxylic acids is 1. The molecule has 0 aliphatic heterocycles. The molecule has 0 unspecified atom stereocenters. The average Bonchev–Trinajstić information content (AvgIpc) is 2.60. The van der Waals surface area contributed by atoms with Crippen molar-refractivity contribution in [3.05, 3.63) is 65.7 Å². The Morgan fingerprint density at radius 3 is 2.35 bits per heavy atom. The number of hydrogen-bond donors (Lipinski definition) is 2. The molecule has 0 radical (unpaired) electrons. The van der Waals surface area contributed by atoms with E-state index in [0.717, 1.165) is 18.4 Å². The number of hydrogen-bond acceptors (Lipinski definition) is 3. The number of aliphatic hydroxyl groups excluding tert-OH is 1. The van der Waals surface area contributed by atoms with E-state index in [4.69, 9.17) is 0 Å². The van der Waals surface area contributed by atoms with Gasteiger partial charge in [0.25, 0.3) is 5.91 Å². The van der Waals surface area contributed by atoms with E-state index in [1.165, 1.54) is 0 Å². The maximum Gasteiger partial charge on any atom is 0.256 e. The van der Waals surface area contributed by atoms with Crippen molar-refractivity contribution in [1.82, 2.24) is 4.90 Å². The molecule has 2 N–H and O–H groups in total. The highest BCUT2D eigenvalue weighted by Gasteiger charge is 2.22. The van der Waals surface area contributed by atoms with Gasteiger partial charge in [-0.05, 0) is 43.0 Å². The Morgan fingerprint density at radius 1 is 1.09 bits per heavy atom. The second-order valence-electron chi connectivity index (χ2n) is 5.50. The van der Waals surface area contributed by atoms with Crippen molar-refractivity contribution in [2.75, 3.05) is 13.1 Å². The molecule has 4 heteroatoms. The average molecular weight is 313 g/mol. The number of likely N-dealkylation sites (N-methyl/N-ethyl adjacent to an activating group) is 1. The van der Waals surface area contributed by atoms with Gasteiger partial charge in [0.15, 0.2) is 6.10 Å². The minimum atomic E-state index is -1.11. The summed E-state index contributed by atoms with van der Waals surface area (Å²) in [5, 5.41) is 19.5. The first-order valence-electron chi connectivity index (χ1n) is 7.91. The fourth-order valence-electron chi connectivity index (χ4n) is 2.51. The SMILES string of the molecule is CCN(CCCc1ccc(O)cc1)C(=O)[C@@H](O)c1ccccc1. The van der Waals surface area contributed by atoms with Crippen molar-refractivity contribution >= 4 is 5.91 Å². The molecule has 2 aromatic carbocycles. The Kier molecular flexibility index (Phi) is 6.18. The van der Waals surface area contributed by atoms with Gasteiger partial charge in [-0.15, -0.1) is 0 Å². The van der Waals surface area contributed by atoms with Crippen LogP contribution in [0.5, 0.6) is 5.75 Å². The van der Waals surface area contributed by atoms with E-state index in [2.05, 4.69) is 0 Å². The molecule has 0 spiro atoms. The number of aryl methyl sites for hydroxylation is 1. The summed E-state index contributed by atoms with van der Waals surface area (Å²) in [7, 11) is 0. The minimum absolute atomic E-state index is 0.255. The second-order valence-corrected chi connectivity index (χ2v) is 5.50. The Hall–Kier alpha value is -2.33. The van der Waals surface area contributed by atoms with Crippen LogP contribution in [0.3, 0.4) is 0 Å². The van der Waals surface area contributed by atoms with Gasteiger partial charge >= 0.3 is 0 Å². The molecule has 1 amide bonds. The molecule has 122 valence electrons. The molecule has 1 atom stereocenters. The zero-order valence-electron chi connectivity index (χ0n) is 13.4. The van der Waals surface area contributed by atoms with Crippen LogP contribution in [0, 0.1) is 0 Å². The molecule has 2 rings (SSSR count). The van der Waals surface area contributed by atoms with Gasteiger partial charge in [-0.3, -0.25) is 4.79 Å². The number of rotatable bonds is 7. The van der Waals surface area contributed by atoms with E-state index in [9.17, 15) is 15.0 Å². The molecule has 0 aliphatic carbocycles. The first kappa shape index (κ1) is 17.0. The summed E-state index contributed by atoms with van der Waals surface area (Å²) < 4.78 is 0. The molecular weight excluding hydrogens is 290 g/mol. The van der Waals surface area contributed by atoms with Gasteiger partial charge in [0.2, 0.25) is 0 Å². The van der Waals surface area contributed by atoms with Crippen molar-refractivity contribution in [3.8, 4) is 5.75 Å². The van der Waals surface area contributed by atoms with Gasteiger partial charge in [0, 0.05) is 13.1 Å². The van der Waals surface area contributed by atoms with Crippen LogP contribution in [0.15, 0.2) is 54.6 Å². The molecule has 0 aromatic heterocycles. The molecule has 4 nitrogen and oxygen atoms in total. The van der Waals surface area contributed by atoms with Gasteiger partial charge < -0.3 is 15.1 Å². The zero-order valence-corrected chi connectivity index (χ0v) is 13.4. The maximum atomic E-state index is 12.4. The number of aromatic hydroxyl groups is 1. The summed E-state index contributed by atoms with van der Waals surface area (Å²) in [4.78, 5) is 14.1. The minimum Gasteiger partial charge on any atom is -0.508 e. The Labute approximate surface area is 137 Å². The van der Waals surface area contributed by atoms with Gasteiger partial charge in [-0.25, -0.2) is 0 Å². The van der Waals surface area contributed by atoms with Crippen LogP contribution in [0.2, 0.25) is 0 Å². The van der Waals surface area contributed by atoms with Crippen LogP contribution in [-0.2, 0) is 11.2 Å². The Bertz CT molecular complexity index is 610.